The number of hydrogen-bond donors (Lipinski definition) is 1. The van der Waals surface area contributed by atoms with Crippen molar-refractivity contribution in [1.82, 2.24) is 10.2 Å². The van der Waals surface area contributed by atoms with Crippen LogP contribution in [-0.2, 0) is 4.74 Å². The molecule has 1 amide bonds. The molecule has 0 saturated heterocycles. The summed E-state index contributed by atoms with van der Waals surface area (Å²) < 4.78 is 5.41. The van der Waals surface area contributed by atoms with E-state index >= 15 is 0 Å². The Morgan fingerprint density at radius 2 is 2.14 bits per heavy atom. The molecule has 1 aliphatic rings. The first-order valence-corrected chi connectivity index (χ1v) is 8.71. The molecule has 22 heavy (non-hydrogen) atoms. The molecule has 0 aromatic rings. The van der Waals surface area contributed by atoms with Crippen molar-refractivity contribution in [2.24, 2.45) is 0 Å². The first-order chi connectivity index (χ1) is 10.3. The minimum atomic E-state index is -0.420. The van der Waals surface area contributed by atoms with Gasteiger partial charge in [-0.05, 0) is 40.5 Å². The maximum absolute atomic E-state index is 12.0. The van der Waals surface area contributed by atoms with E-state index in [0.717, 1.165) is 19.5 Å². The summed E-state index contributed by atoms with van der Waals surface area (Å²) in [6.45, 7) is 12.6. The third-order valence-corrected chi connectivity index (χ3v) is 3.87. The Hall–Kier alpha value is -1.03. The molecular formula is C18H34N2O2. The van der Waals surface area contributed by atoms with E-state index < -0.39 is 5.60 Å². The molecule has 0 fully saturated rings. The minimum absolute atomic E-state index is 0.205. The third kappa shape index (κ3) is 7.83. The van der Waals surface area contributed by atoms with E-state index in [2.05, 4.69) is 25.2 Å². The lowest BCUT2D eigenvalue weighted by molar-refractivity contribution is 0.0265. The molecule has 128 valence electrons. The number of hydrogen-bond acceptors (Lipinski definition) is 3. The molecule has 0 radical (unpaired) electrons. The Bertz CT molecular complexity index is 372. The van der Waals surface area contributed by atoms with E-state index in [0.29, 0.717) is 12.6 Å². The van der Waals surface area contributed by atoms with Crippen LogP contribution in [-0.4, -0.2) is 42.3 Å². The summed E-state index contributed by atoms with van der Waals surface area (Å²) in [5.74, 6) is 0. The van der Waals surface area contributed by atoms with E-state index in [4.69, 9.17) is 4.74 Å². The maximum atomic E-state index is 12.0. The quantitative estimate of drug-likeness (QED) is 0.568. The number of unbranched alkanes of at least 4 members (excludes halogenated alkanes) is 2. The summed E-state index contributed by atoms with van der Waals surface area (Å²) in [7, 11) is 0. The van der Waals surface area contributed by atoms with Gasteiger partial charge in [0.2, 0.25) is 0 Å². The Balaban J connectivity index is 2.28. The van der Waals surface area contributed by atoms with E-state index in [9.17, 15) is 4.79 Å². The van der Waals surface area contributed by atoms with E-state index in [1.54, 1.807) is 4.90 Å². The lowest BCUT2D eigenvalue weighted by atomic mass is 10.1. The lowest BCUT2D eigenvalue weighted by Crippen LogP contribution is -2.40. The van der Waals surface area contributed by atoms with Crippen molar-refractivity contribution < 1.29 is 9.53 Å². The van der Waals surface area contributed by atoms with Crippen molar-refractivity contribution in [3.05, 3.63) is 11.6 Å². The number of carbonyl (C=O) groups is 1. The molecule has 0 aromatic carbocycles. The molecule has 1 unspecified atom stereocenters. The summed E-state index contributed by atoms with van der Waals surface area (Å²) in [6, 6.07) is 0.566. The van der Waals surface area contributed by atoms with Crippen LogP contribution in [0.3, 0.4) is 0 Å². The Labute approximate surface area is 136 Å². The van der Waals surface area contributed by atoms with Crippen molar-refractivity contribution in [1.29, 1.82) is 0 Å². The highest BCUT2D eigenvalue weighted by atomic mass is 16.6. The third-order valence-electron chi connectivity index (χ3n) is 3.87. The zero-order chi connectivity index (χ0) is 16.6. The number of nitrogens with zero attached hydrogens (tertiary/aromatic N) is 1. The monoisotopic (exact) mass is 310 g/mol. The Morgan fingerprint density at radius 1 is 1.41 bits per heavy atom. The minimum Gasteiger partial charge on any atom is -0.444 e. The second kappa shape index (κ2) is 9.19. The van der Waals surface area contributed by atoms with Gasteiger partial charge in [-0.1, -0.05) is 37.8 Å². The largest absolute Gasteiger partial charge is 0.444 e. The van der Waals surface area contributed by atoms with Gasteiger partial charge in [-0.25, -0.2) is 4.79 Å². The van der Waals surface area contributed by atoms with Crippen molar-refractivity contribution >= 4 is 6.09 Å². The van der Waals surface area contributed by atoms with Crippen LogP contribution in [0.25, 0.3) is 0 Å². The predicted octanol–water partition coefficient (Wildman–Crippen LogP) is 4.11. The number of ether oxygens (including phenoxy) is 1. The van der Waals surface area contributed by atoms with Crippen LogP contribution in [0, 0.1) is 0 Å². The summed E-state index contributed by atoms with van der Waals surface area (Å²) in [5, 5.41) is 3.59. The molecule has 0 spiro atoms. The topological polar surface area (TPSA) is 41.6 Å². The zero-order valence-electron chi connectivity index (χ0n) is 15.1. The molecule has 1 heterocycles. The van der Waals surface area contributed by atoms with Crippen LogP contribution in [0.5, 0.6) is 0 Å². The van der Waals surface area contributed by atoms with Gasteiger partial charge in [-0.15, -0.1) is 0 Å². The smallest absolute Gasteiger partial charge is 0.410 e. The van der Waals surface area contributed by atoms with Crippen LogP contribution in [0.2, 0.25) is 0 Å². The highest BCUT2D eigenvalue weighted by Crippen LogP contribution is 2.15. The molecular weight excluding hydrogens is 276 g/mol. The van der Waals surface area contributed by atoms with Crippen molar-refractivity contribution in [3.8, 4) is 0 Å². The Kier molecular flexibility index (Phi) is 7.94. The number of rotatable bonds is 7. The molecule has 1 rings (SSSR count). The maximum Gasteiger partial charge on any atom is 0.410 e. The highest BCUT2D eigenvalue weighted by Gasteiger charge is 2.23. The first-order valence-electron chi connectivity index (χ1n) is 8.71. The van der Waals surface area contributed by atoms with Gasteiger partial charge in [0, 0.05) is 25.7 Å². The summed E-state index contributed by atoms with van der Waals surface area (Å²) >= 11 is 0. The standard InChI is InChI=1S/C18H34N2O2/c1-6-7-8-9-15(2)19-14-16-10-12-20(13-11-16)17(21)22-18(3,4)5/h10,15,19H,6-9,11-14H2,1-5H3. The first kappa shape index (κ1) is 19.0. The van der Waals surface area contributed by atoms with Crippen molar-refractivity contribution in [2.45, 2.75) is 78.4 Å². The van der Waals surface area contributed by atoms with Gasteiger partial charge in [0.05, 0.1) is 0 Å². The Morgan fingerprint density at radius 3 is 2.68 bits per heavy atom. The molecule has 4 heteroatoms. The predicted molar refractivity (Wildman–Crippen MR) is 92.1 cm³/mol. The normalized spacial score (nSPS) is 17.1. The molecule has 1 aliphatic heterocycles. The zero-order valence-corrected chi connectivity index (χ0v) is 15.1. The van der Waals surface area contributed by atoms with Crippen LogP contribution in [0.4, 0.5) is 4.79 Å². The number of carbonyl (C=O) groups excluding carboxylic acids is 1. The highest BCUT2D eigenvalue weighted by molar-refractivity contribution is 5.68. The summed E-state index contributed by atoms with van der Waals surface area (Å²) in [5.41, 5.74) is 0.985. The van der Waals surface area contributed by atoms with Crippen molar-refractivity contribution in [3.63, 3.8) is 0 Å². The second-order valence-electron chi connectivity index (χ2n) is 7.32. The molecule has 1 atom stereocenters. The fraction of sp³-hybridized carbons (Fsp3) is 0.833. The van der Waals surface area contributed by atoms with Gasteiger partial charge in [-0.2, -0.15) is 0 Å². The van der Waals surface area contributed by atoms with E-state index in [-0.39, 0.29) is 6.09 Å². The summed E-state index contributed by atoms with van der Waals surface area (Å²) in [6.07, 6.45) is 8.04. The molecule has 0 aliphatic carbocycles. The summed E-state index contributed by atoms with van der Waals surface area (Å²) in [4.78, 5) is 13.8. The molecule has 0 saturated carbocycles. The van der Waals surface area contributed by atoms with Crippen LogP contribution >= 0.6 is 0 Å². The van der Waals surface area contributed by atoms with E-state index in [1.807, 2.05) is 20.8 Å². The SMILES string of the molecule is CCCCCC(C)NCC1=CCN(C(=O)OC(C)(C)C)CC1. The van der Waals surface area contributed by atoms with Gasteiger partial charge in [-0.3, -0.25) is 0 Å². The molecule has 1 N–H and O–H groups in total. The second-order valence-corrected chi connectivity index (χ2v) is 7.32. The molecule has 0 bridgehead atoms. The fourth-order valence-corrected chi connectivity index (χ4v) is 2.47. The van der Waals surface area contributed by atoms with Crippen LogP contribution < -0.4 is 5.32 Å². The van der Waals surface area contributed by atoms with Gasteiger partial charge >= 0.3 is 6.09 Å². The van der Waals surface area contributed by atoms with Gasteiger partial charge in [0.15, 0.2) is 0 Å². The molecule has 4 nitrogen and oxygen atoms in total. The van der Waals surface area contributed by atoms with E-state index in [1.165, 1.54) is 31.3 Å². The van der Waals surface area contributed by atoms with Crippen LogP contribution in [0.15, 0.2) is 11.6 Å². The fourth-order valence-electron chi connectivity index (χ4n) is 2.47. The lowest BCUT2D eigenvalue weighted by Gasteiger charge is -2.30. The van der Waals surface area contributed by atoms with Gasteiger partial charge in [0.1, 0.15) is 5.60 Å². The molecule has 0 aromatic heterocycles. The van der Waals surface area contributed by atoms with Gasteiger partial charge < -0.3 is 15.0 Å². The average Bonchev–Trinajstić information content (AvgIpc) is 2.44. The number of nitrogens with one attached hydrogen (secondary N) is 1. The average molecular weight is 310 g/mol. The van der Waals surface area contributed by atoms with Crippen molar-refractivity contribution in [2.75, 3.05) is 19.6 Å². The number of amides is 1. The van der Waals surface area contributed by atoms with Crippen LogP contribution in [0.1, 0.15) is 66.7 Å². The van der Waals surface area contributed by atoms with Gasteiger partial charge in [0.25, 0.3) is 0 Å².